The summed E-state index contributed by atoms with van der Waals surface area (Å²) in [7, 11) is 0. The summed E-state index contributed by atoms with van der Waals surface area (Å²) >= 11 is 0. The van der Waals surface area contributed by atoms with Crippen LogP contribution in [0.1, 0.15) is 22.8 Å². The fourth-order valence-corrected chi connectivity index (χ4v) is 2.57. The van der Waals surface area contributed by atoms with Crippen LogP contribution < -0.4 is 18.9 Å². The smallest absolute Gasteiger partial charge is 0.338 e. The lowest BCUT2D eigenvalue weighted by atomic mass is 10.2. The Bertz CT molecular complexity index is 788. The second kappa shape index (κ2) is 9.14. The number of aliphatic hydroxyl groups excluding tert-OH is 1. The van der Waals surface area contributed by atoms with Crippen LogP contribution in [-0.4, -0.2) is 44.1 Å². The number of rotatable bonds is 3. The van der Waals surface area contributed by atoms with Gasteiger partial charge >= 0.3 is 5.97 Å². The largest absolute Gasteiger partial charge is 0.486 e. The Kier molecular flexibility index (Phi) is 6.38. The van der Waals surface area contributed by atoms with E-state index < -0.39 is 0 Å². The highest BCUT2D eigenvalue weighted by Gasteiger charge is 2.15. The molecule has 2 aliphatic heterocycles. The van der Waals surface area contributed by atoms with Gasteiger partial charge in [-0.2, -0.15) is 0 Å². The van der Waals surface area contributed by atoms with Crippen molar-refractivity contribution in [2.45, 2.75) is 13.5 Å². The summed E-state index contributed by atoms with van der Waals surface area (Å²) in [6.07, 6.45) is 0. The highest BCUT2D eigenvalue weighted by molar-refractivity contribution is 5.90. The normalized spacial score (nSPS) is 13.9. The molecule has 27 heavy (non-hydrogen) atoms. The molecule has 7 nitrogen and oxygen atoms in total. The first-order valence-corrected chi connectivity index (χ1v) is 8.77. The lowest BCUT2D eigenvalue weighted by molar-refractivity contribution is 0.0525. The van der Waals surface area contributed by atoms with Crippen molar-refractivity contribution in [3.63, 3.8) is 0 Å². The Balaban J connectivity index is 0.000000159. The Labute approximate surface area is 157 Å². The first kappa shape index (κ1) is 18.8. The summed E-state index contributed by atoms with van der Waals surface area (Å²) in [4.78, 5) is 11.4. The molecule has 2 aliphatic rings. The van der Waals surface area contributed by atoms with Crippen LogP contribution in [0.15, 0.2) is 36.4 Å². The van der Waals surface area contributed by atoms with Gasteiger partial charge in [0.25, 0.3) is 0 Å². The van der Waals surface area contributed by atoms with E-state index >= 15 is 0 Å². The molecular formula is C20H22O7. The zero-order chi connectivity index (χ0) is 19.1. The molecule has 144 valence electrons. The van der Waals surface area contributed by atoms with Gasteiger partial charge in [0, 0.05) is 0 Å². The van der Waals surface area contributed by atoms with Crippen LogP contribution in [0.2, 0.25) is 0 Å². The summed E-state index contributed by atoms with van der Waals surface area (Å²) in [5, 5.41) is 8.84. The van der Waals surface area contributed by atoms with Crippen LogP contribution in [0.3, 0.4) is 0 Å². The average Bonchev–Trinajstić information content (AvgIpc) is 2.73. The maximum Gasteiger partial charge on any atom is 0.338 e. The molecule has 2 heterocycles. The van der Waals surface area contributed by atoms with Crippen LogP contribution >= 0.6 is 0 Å². The molecule has 0 spiro atoms. The minimum absolute atomic E-state index is 0.0383. The first-order valence-electron chi connectivity index (χ1n) is 8.77. The number of esters is 1. The van der Waals surface area contributed by atoms with E-state index in [4.69, 9.17) is 28.8 Å². The minimum atomic E-state index is -0.338. The molecule has 7 heteroatoms. The van der Waals surface area contributed by atoms with Crippen molar-refractivity contribution >= 4 is 5.97 Å². The molecule has 0 unspecified atom stereocenters. The molecule has 0 bridgehead atoms. The average molecular weight is 374 g/mol. The lowest BCUT2D eigenvalue weighted by Gasteiger charge is -2.18. The summed E-state index contributed by atoms with van der Waals surface area (Å²) < 4.78 is 26.2. The van der Waals surface area contributed by atoms with E-state index in [0.717, 1.165) is 17.1 Å². The Morgan fingerprint density at radius 3 is 2.04 bits per heavy atom. The third-order valence-electron chi connectivity index (χ3n) is 3.84. The number of hydrogen-bond donors (Lipinski definition) is 1. The molecule has 4 rings (SSSR count). The van der Waals surface area contributed by atoms with Gasteiger partial charge in [0.2, 0.25) is 0 Å². The van der Waals surface area contributed by atoms with Crippen LogP contribution in [0.4, 0.5) is 0 Å². The van der Waals surface area contributed by atoms with Crippen molar-refractivity contribution < 1.29 is 33.6 Å². The van der Waals surface area contributed by atoms with Crippen LogP contribution in [-0.2, 0) is 11.3 Å². The Morgan fingerprint density at radius 2 is 1.44 bits per heavy atom. The Morgan fingerprint density at radius 1 is 0.889 bits per heavy atom. The van der Waals surface area contributed by atoms with Crippen LogP contribution in [0, 0.1) is 0 Å². The zero-order valence-electron chi connectivity index (χ0n) is 15.1. The molecule has 0 radical (unpaired) electrons. The number of benzene rings is 2. The molecule has 2 aromatic rings. The third-order valence-corrected chi connectivity index (χ3v) is 3.84. The number of hydrogen-bond acceptors (Lipinski definition) is 7. The number of fused-ring (bicyclic) bond motifs is 2. The molecule has 0 fully saturated rings. The first-order chi connectivity index (χ1) is 13.2. The molecule has 0 saturated heterocycles. The summed E-state index contributed by atoms with van der Waals surface area (Å²) in [6, 6.07) is 10.5. The van der Waals surface area contributed by atoms with Crippen molar-refractivity contribution in [3.8, 4) is 23.0 Å². The van der Waals surface area contributed by atoms with E-state index in [2.05, 4.69) is 0 Å². The summed E-state index contributed by atoms with van der Waals surface area (Å²) in [5.74, 6) is 2.43. The van der Waals surface area contributed by atoms with Gasteiger partial charge in [-0.15, -0.1) is 0 Å². The zero-order valence-corrected chi connectivity index (χ0v) is 15.1. The fraction of sp³-hybridized carbons (Fsp3) is 0.350. The van der Waals surface area contributed by atoms with Crippen molar-refractivity contribution in [1.82, 2.24) is 0 Å². The fourth-order valence-electron chi connectivity index (χ4n) is 2.57. The highest BCUT2D eigenvalue weighted by Crippen LogP contribution is 2.31. The molecule has 0 atom stereocenters. The predicted octanol–water partition coefficient (Wildman–Crippen LogP) is 2.58. The summed E-state index contributed by atoms with van der Waals surface area (Å²) in [6.45, 7) is 4.43. The van der Waals surface area contributed by atoms with Crippen molar-refractivity contribution in [1.29, 1.82) is 0 Å². The maximum absolute atomic E-state index is 11.4. The van der Waals surface area contributed by atoms with Gasteiger partial charge in [0.05, 0.1) is 18.8 Å². The molecule has 1 N–H and O–H groups in total. The molecule has 0 amide bonds. The number of carbonyl (C=O) groups excluding carboxylic acids is 1. The van der Waals surface area contributed by atoms with Gasteiger partial charge in [0.15, 0.2) is 23.0 Å². The summed E-state index contributed by atoms with van der Waals surface area (Å²) in [5.41, 5.74) is 1.33. The highest BCUT2D eigenvalue weighted by atomic mass is 16.6. The van der Waals surface area contributed by atoms with Gasteiger partial charge in [-0.25, -0.2) is 4.79 Å². The van der Waals surface area contributed by atoms with Gasteiger partial charge in [-0.05, 0) is 42.8 Å². The van der Waals surface area contributed by atoms with Gasteiger partial charge < -0.3 is 28.8 Å². The molecule has 0 saturated carbocycles. The topological polar surface area (TPSA) is 83.5 Å². The number of aliphatic hydroxyl groups is 1. The minimum Gasteiger partial charge on any atom is -0.486 e. The van der Waals surface area contributed by atoms with Crippen LogP contribution in [0.25, 0.3) is 0 Å². The molecule has 2 aromatic carbocycles. The quantitative estimate of drug-likeness (QED) is 0.827. The molecule has 0 aliphatic carbocycles. The van der Waals surface area contributed by atoms with E-state index in [0.29, 0.717) is 50.1 Å². The molecular weight excluding hydrogens is 352 g/mol. The number of carbonyl (C=O) groups is 1. The number of ether oxygens (including phenoxy) is 5. The van der Waals surface area contributed by atoms with Gasteiger partial charge in [0.1, 0.15) is 26.4 Å². The lowest BCUT2D eigenvalue weighted by Crippen LogP contribution is -2.16. The SMILES string of the molecule is CCOC(=O)c1ccc2c(c1)OCCO2.OCc1ccc2c(c1)OCCO2. The molecule has 0 aromatic heterocycles. The van der Waals surface area contributed by atoms with Crippen molar-refractivity contribution in [2.24, 2.45) is 0 Å². The predicted molar refractivity (Wildman–Crippen MR) is 96.7 cm³/mol. The van der Waals surface area contributed by atoms with E-state index in [9.17, 15) is 4.79 Å². The van der Waals surface area contributed by atoms with Crippen molar-refractivity contribution in [2.75, 3.05) is 33.0 Å². The third kappa shape index (κ3) is 4.83. The monoisotopic (exact) mass is 374 g/mol. The van der Waals surface area contributed by atoms with E-state index in [-0.39, 0.29) is 12.6 Å². The second-order valence-corrected chi connectivity index (χ2v) is 5.72. The van der Waals surface area contributed by atoms with Gasteiger partial charge in [-0.1, -0.05) is 6.07 Å². The van der Waals surface area contributed by atoms with Gasteiger partial charge in [-0.3, -0.25) is 0 Å². The van der Waals surface area contributed by atoms with E-state index in [1.165, 1.54) is 0 Å². The second-order valence-electron chi connectivity index (χ2n) is 5.72. The standard InChI is InChI=1S/C11H12O4.C9H10O3/c1-2-13-11(12)8-3-4-9-10(7-8)15-6-5-14-9;10-6-7-1-2-8-9(5-7)12-4-3-11-8/h3-4,7H,2,5-6H2,1H3;1-2,5,10H,3-4,6H2. The Hall–Kier alpha value is -2.93. The van der Waals surface area contributed by atoms with E-state index in [1.807, 2.05) is 12.1 Å². The van der Waals surface area contributed by atoms with Crippen LogP contribution in [0.5, 0.6) is 23.0 Å². The van der Waals surface area contributed by atoms with Crippen molar-refractivity contribution in [3.05, 3.63) is 47.5 Å². The maximum atomic E-state index is 11.4. The van der Waals surface area contributed by atoms with E-state index in [1.54, 1.807) is 31.2 Å².